The van der Waals surface area contributed by atoms with E-state index in [9.17, 15) is 9.90 Å². The van der Waals surface area contributed by atoms with Gasteiger partial charge in [-0.05, 0) is 25.0 Å². The fourth-order valence-electron chi connectivity index (χ4n) is 2.97. The molecular weight excluding hydrogens is 362 g/mol. The smallest absolute Gasteiger partial charge is 0.257 e. The summed E-state index contributed by atoms with van der Waals surface area (Å²) in [6.45, 7) is 0. The summed E-state index contributed by atoms with van der Waals surface area (Å²) in [5.74, 6) is 0.356. The van der Waals surface area contributed by atoms with Crippen LogP contribution in [-0.2, 0) is 0 Å². The zero-order valence-corrected chi connectivity index (χ0v) is 15.0. The van der Waals surface area contributed by atoms with Crippen LogP contribution in [0, 0.1) is 0 Å². The quantitative estimate of drug-likeness (QED) is 0.497. The second-order valence-electron chi connectivity index (χ2n) is 6.38. The van der Waals surface area contributed by atoms with Gasteiger partial charge in [0.2, 0.25) is 5.88 Å². The Labute approximate surface area is 165 Å². The van der Waals surface area contributed by atoms with Crippen molar-refractivity contribution in [2.24, 2.45) is 0 Å². The molecule has 1 aliphatic rings. The van der Waals surface area contributed by atoms with Crippen LogP contribution in [0.5, 0.6) is 5.88 Å². The van der Waals surface area contributed by atoms with E-state index in [2.05, 4.69) is 31.0 Å². The van der Waals surface area contributed by atoms with Gasteiger partial charge in [-0.2, -0.15) is 9.61 Å². The lowest BCUT2D eigenvalue weighted by Crippen LogP contribution is -2.50. The van der Waals surface area contributed by atoms with Crippen molar-refractivity contribution in [2.45, 2.75) is 25.0 Å². The van der Waals surface area contributed by atoms with Gasteiger partial charge in [0.05, 0.1) is 29.5 Å². The number of hydrogen-bond acceptors (Lipinski definition) is 8. The predicted molar refractivity (Wildman–Crippen MR) is 103 cm³/mol. The number of nitrogens with one attached hydrogen (secondary N) is 3. The number of ether oxygens (including phenoxy) is 1. The second kappa shape index (κ2) is 7.31. The molecule has 10 nitrogen and oxygen atoms in total. The highest BCUT2D eigenvalue weighted by molar-refractivity contribution is 6.00. The zero-order chi connectivity index (χ0) is 22.2. The van der Waals surface area contributed by atoms with Gasteiger partial charge in [-0.15, -0.1) is 0 Å². The molecule has 1 fully saturated rings. The number of methoxy groups -OCH3 is 1. The van der Waals surface area contributed by atoms with E-state index >= 15 is 0 Å². The van der Waals surface area contributed by atoms with E-state index in [1.54, 1.807) is 25.2 Å². The molecule has 2 atom stereocenters. The summed E-state index contributed by atoms with van der Waals surface area (Å²) in [6, 6.07) is 4.57. The highest BCUT2D eigenvalue weighted by Gasteiger charge is 2.31. The molecule has 3 aromatic rings. The van der Waals surface area contributed by atoms with Crippen LogP contribution >= 0.6 is 0 Å². The maximum atomic E-state index is 12.7. The highest BCUT2D eigenvalue weighted by atomic mass is 16.5. The van der Waals surface area contributed by atoms with Crippen molar-refractivity contribution >= 4 is 28.9 Å². The molecule has 1 aliphatic carbocycles. The molecular formula is C18H21N7O3. The summed E-state index contributed by atoms with van der Waals surface area (Å²) in [6.07, 6.45) is 3.63. The van der Waals surface area contributed by atoms with Crippen LogP contribution < -0.4 is 20.7 Å². The van der Waals surface area contributed by atoms with Gasteiger partial charge in [-0.1, -0.05) is 0 Å². The Kier molecular flexibility index (Phi) is 3.82. The van der Waals surface area contributed by atoms with Crippen LogP contribution in [-0.4, -0.2) is 56.8 Å². The second-order valence-corrected chi connectivity index (χ2v) is 6.38. The number of hydrogen-bond donors (Lipinski definition) is 4. The number of carbonyl (C=O) groups excluding carboxylic acids is 1. The average Bonchev–Trinajstić information content (AvgIpc) is 3.14. The number of anilines is 3. The summed E-state index contributed by atoms with van der Waals surface area (Å²) in [5.41, 5.74) is 0.813. The molecule has 28 heavy (non-hydrogen) atoms. The Morgan fingerprint density at radius 3 is 3.07 bits per heavy atom. The fourth-order valence-corrected chi connectivity index (χ4v) is 2.97. The first-order valence-electron chi connectivity index (χ1n) is 10.2. The average molecular weight is 386 g/mol. The van der Waals surface area contributed by atoms with E-state index in [1.165, 1.54) is 16.9 Å². The van der Waals surface area contributed by atoms with Crippen molar-refractivity contribution in [3.63, 3.8) is 0 Å². The minimum absolute atomic E-state index is 0.111. The molecule has 0 radical (unpaired) electrons. The molecule has 3 aromatic heterocycles. The van der Waals surface area contributed by atoms with Gasteiger partial charge >= 0.3 is 0 Å². The molecule has 10 heteroatoms. The van der Waals surface area contributed by atoms with Crippen LogP contribution in [0.1, 0.15) is 27.3 Å². The lowest BCUT2D eigenvalue weighted by Gasteiger charge is -2.32. The molecule has 0 aliphatic heterocycles. The summed E-state index contributed by atoms with van der Waals surface area (Å²) in [7, 11) is -0.973. The van der Waals surface area contributed by atoms with Gasteiger partial charge in [0.15, 0.2) is 5.65 Å². The summed E-state index contributed by atoms with van der Waals surface area (Å²) >= 11 is 0. The number of pyridine rings is 1. The predicted octanol–water partition coefficient (Wildman–Crippen LogP) is 1.17. The minimum atomic E-state index is -2.67. The molecule has 0 bridgehead atoms. The highest BCUT2D eigenvalue weighted by Crippen LogP contribution is 2.27. The maximum absolute atomic E-state index is 12.7. The molecule has 3 heterocycles. The number of carbonyl (C=O) groups is 1. The first-order valence-corrected chi connectivity index (χ1v) is 8.71. The van der Waals surface area contributed by atoms with Gasteiger partial charge in [0, 0.05) is 19.3 Å². The first kappa shape index (κ1) is 14.6. The SMILES string of the molecule is [2H]C([2H])([2H])Oc1ncccc1Nc1cc(NC)n2ncc(C(=O)N[C@@H]3CC[C@H]3O)c2n1. The summed E-state index contributed by atoms with van der Waals surface area (Å²) in [4.78, 5) is 21.1. The first-order chi connectivity index (χ1) is 14.7. The van der Waals surface area contributed by atoms with Crippen molar-refractivity contribution in [1.82, 2.24) is 24.9 Å². The van der Waals surface area contributed by atoms with E-state index in [4.69, 9.17) is 8.85 Å². The van der Waals surface area contributed by atoms with Crippen molar-refractivity contribution < 1.29 is 18.8 Å². The standard InChI is InChI=1S/C18H21N7O3/c1-19-15-8-14(22-12-4-3-7-20-18(12)28-2)24-16-10(9-21-25(15)16)17(27)23-11-5-6-13(11)26/h3-4,7-9,11,13,19,26H,5-6H2,1-2H3,(H,22,24)(H,23,27)/t11-,13-/m1/s1/i2D3. The molecule has 4 rings (SSSR count). The molecule has 0 aromatic carbocycles. The third-order valence-corrected chi connectivity index (χ3v) is 4.66. The van der Waals surface area contributed by atoms with Crippen LogP contribution in [0.4, 0.5) is 17.3 Å². The molecule has 0 saturated heterocycles. The molecule has 1 saturated carbocycles. The van der Waals surface area contributed by atoms with Crippen molar-refractivity contribution in [2.75, 3.05) is 24.7 Å². The van der Waals surface area contributed by atoms with E-state index in [0.29, 0.717) is 30.2 Å². The van der Waals surface area contributed by atoms with Crippen LogP contribution in [0.25, 0.3) is 5.65 Å². The van der Waals surface area contributed by atoms with E-state index < -0.39 is 19.0 Å². The summed E-state index contributed by atoms with van der Waals surface area (Å²) < 4.78 is 28.3. The minimum Gasteiger partial charge on any atom is -0.480 e. The normalized spacial score (nSPS) is 20.4. The van der Waals surface area contributed by atoms with Crippen molar-refractivity contribution in [1.29, 1.82) is 0 Å². The lowest BCUT2D eigenvalue weighted by molar-refractivity contribution is 0.0448. The molecule has 4 N–H and O–H groups in total. The summed E-state index contributed by atoms with van der Waals surface area (Å²) in [5, 5.41) is 22.7. The van der Waals surface area contributed by atoms with Crippen LogP contribution in [0.15, 0.2) is 30.6 Å². The maximum Gasteiger partial charge on any atom is 0.257 e. The Bertz CT molecular complexity index is 1120. The molecule has 146 valence electrons. The Balaban J connectivity index is 1.67. The van der Waals surface area contributed by atoms with Crippen molar-refractivity contribution in [3.05, 3.63) is 36.2 Å². The van der Waals surface area contributed by atoms with E-state index in [1.807, 2.05) is 0 Å². The van der Waals surface area contributed by atoms with Crippen molar-refractivity contribution in [3.8, 4) is 5.88 Å². The van der Waals surface area contributed by atoms with Gasteiger partial charge < -0.3 is 25.8 Å². The van der Waals surface area contributed by atoms with E-state index in [0.717, 1.165) is 0 Å². The zero-order valence-electron chi connectivity index (χ0n) is 18.0. The monoisotopic (exact) mass is 386 g/mol. The van der Waals surface area contributed by atoms with E-state index in [-0.39, 0.29) is 23.1 Å². The number of aliphatic hydroxyl groups is 1. The van der Waals surface area contributed by atoms with Gasteiger partial charge in [0.1, 0.15) is 22.9 Å². The fraction of sp³-hybridized carbons (Fsp3) is 0.333. The lowest BCUT2D eigenvalue weighted by atomic mass is 9.89. The number of aliphatic hydroxyl groups excluding tert-OH is 1. The van der Waals surface area contributed by atoms with Crippen LogP contribution in [0.2, 0.25) is 0 Å². The topological polar surface area (TPSA) is 126 Å². The van der Waals surface area contributed by atoms with Gasteiger partial charge in [-0.3, -0.25) is 4.79 Å². The largest absolute Gasteiger partial charge is 0.480 e. The van der Waals surface area contributed by atoms with Crippen LogP contribution in [0.3, 0.4) is 0 Å². The molecule has 0 unspecified atom stereocenters. The Hall–Kier alpha value is -3.40. The third-order valence-electron chi connectivity index (χ3n) is 4.66. The Morgan fingerprint density at radius 1 is 1.46 bits per heavy atom. The Morgan fingerprint density at radius 2 is 2.36 bits per heavy atom. The van der Waals surface area contributed by atoms with Gasteiger partial charge in [-0.25, -0.2) is 9.97 Å². The number of fused-ring (bicyclic) bond motifs is 1. The molecule has 0 spiro atoms. The van der Waals surface area contributed by atoms with Gasteiger partial charge in [0.25, 0.3) is 5.91 Å². The number of nitrogens with zero attached hydrogens (tertiary/aromatic N) is 4. The number of rotatable bonds is 6. The number of amides is 1. The number of aromatic nitrogens is 4. The third kappa shape index (κ3) is 3.18. The molecule has 1 amide bonds.